The van der Waals surface area contributed by atoms with E-state index in [-0.39, 0.29) is 18.4 Å². The third kappa shape index (κ3) is 5.53. The minimum Gasteiger partial charge on any atom is -0.483 e. The van der Waals surface area contributed by atoms with Gasteiger partial charge < -0.3 is 19.7 Å². The number of nitrogens with one attached hydrogen (secondary N) is 1. The molecule has 0 radical (unpaired) electrons. The predicted molar refractivity (Wildman–Crippen MR) is 91.2 cm³/mol. The lowest BCUT2D eigenvalue weighted by Crippen LogP contribution is -2.35. The molecular weight excluding hydrogens is 308 g/mol. The van der Waals surface area contributed by atoms with Crippen LogP contribution in [-0.2, 0) is 9.53 Å². The number of carbonyl (C=O) groups is 2. The van der Waals surface area contributed by atoms with E-state index in [1.165, 1.54) is 12.8 Å². The molecule has 24 heavy (non-hydrogen) atoms. The van der Waals surface area contributed by atoms with Crippen LogP contribution in [-0.4, -0.2) is 56.7 Å². The number of nitrogens with zero attached hydrogens (tertiary/aromatic N) is 1. The maximum absolute atomic E-state index is 12.3. The van der Waals surface area contributed by atoms with E-state index in [1.54, 1.807) is 31.4 Å². The molecule has 0 unspecified atom stereocenters. The quantitative estimate of drug-likeness (QED) is 0.773. The molecule has 2 amide bonds. The third-order valence-electron chi connectivity index (χ3n) is 4.03. The second kappa shape index (κ2) is 9.93. The Bertz CT molecular complexity index is 540. The molecule has 1 aromatic rings. The Kier molecular flexibility index (Phi) is 7.55. The lowest BCUT2D eigenvalue weighted by Gasteiger charge is -2.20. The standard InChI is InChI=1S/C18H26N2O4/c1-23-13-10-19-18(22)15-8-4-5-9-16(15)24-14-17(21)20-11-6-2-3-7-12-20/h4-5,8-9H,2-3,6-7,10-14H2,1H3,(H,19,22). The lowest BCUT2D eigenvalue weighted by molar-refractivity contribution is -0.133. The van der Waals surface area contributed by atoms with Crippen molar-refractivity contribution in [3.8, 4) is 5.75 Å². The van der Waals surface area contributed by atoms with Crippen molar-refractivity contribution in [2.75, 3.05) is 40.0 Å². The van der Waals surface area contributed by atoms with Gasteiger partial charge in [0.1, 0.15) is 5.75 Å². The van der Waals surface area contributed by atoms with Gasteiger partial charge in [0.25, 0.3) is 11.8 Å². The molecule has 6 heteroatoms. The van der Waals surface area contributed by atoms with Gasteiger partial charge in [-0.15, -0.1) is 0 Å². The molecule has 1 heterocycles. The molecule has 1 fully saturated rings. The molecule has 2 rings (SSSR count). The zero-order valence-electron chi connectivity index (χ0n) is 14.3. The van der Waals surface area contributed by atoms with Crippen LogP contribution in [0.1, 0.15) is 36.0 Å². The average Bonchev–Trinajstić information content (AvgIpc) is 2.89. The number of likely N-dealkylation sites (tertiary alicyclic amines) is 1. The SMILES string of the molecule is COCCNC(=O)c1ccccc1OCC(=O)N1CCCCCC1. The average molecular weight is 334 g/mol. The molecule has 0 atom stereocenters. The second-order valence-corrected chi connectivity index (χ2v) is 5.83. The van der Waals surface area contributed by atoms with Gasteiger partial charge in [-0.25, -0.2) is 0 Å². The monoisotopic (exact) mass is 334 g/mol. The first-order valence-corrected chi connectivity index (χ1v) is 8.49. The Morgan fingerprint density at radius 2 is 1.83 bits per heavy atom. The fourth-order valence-electron chi connectivity index (χ4n) is 2.69. The summed E-state index contributed by atoms with van der Waals surface area (Å²) in [6, 6.07) is 6.96. The number of carbonyl (C=O) groups excluding carboxylic acids is 2. The minimum absolute atomic E-state index is 0.0218. The minimum atomic E-state index is -0.232. The fraction of sp³-hybridized carbons (Fsp3) is 0.556. The third-order valence-corrected chi connectivity index (χ3v) is 4.03. The summed E-state index contributed by atoms with van der Waals surface area (Å²) in [4.78, 5) is 26.3. The zero-order chi connectivity index (χ0) is 17.2. The summed E-state index contributed by atoms with van der Waals surface area (Å²) in [5, 5.41) is 2.76. The molecule has 1 N–H and O–H groups in total. The highest BCUT2D eigenvalue weighted by molar-refractivity contribution is 5.97. The van der Waals surface area contributed by atoms with Crippen LogP contribution in [0, 0.1) is 0 Å². The Hall–Kier alpha value is -2.08. The number of benzene rings is 1. The van der Waals surface area contributed by atoms with Gasteiger partial charge in [-0.3, -0.25) is 9.59 Å². The number of ether oxygens (including phenoxy) is 2. The Labute approximate surface area is 143 Å². The number of para-hydroxylation sites is 1. The van der Waals surface area contributed by atoms with Gasteiger partial charge in [-0.2, -0.15) is 0 Å². The highest BCUT2D eigenvalue weighted by Gasteiger charge is 2.17. The Morgan fingerprint density at radius 1 is 1.12 bits per heavy atom. The molecule has 1 aliphatic rings. The number of hydrogen-bond acceptors (Lipinski definition) is 4. The summed E-state index contributed by atoms with van der Waals surface area (Å²) >= 11 is 0. The predicted octanol–water partition coefficient (Wildman–Crippen LogP) is 1.84. The van der Waals surface area contributed by atoms with Gasteiger partial charge in [0, 0.05) is 26.7 Å². The van der Waals surface area contributed by atoms with E-state index >= 15 is 0 Å². The molecule has 0 aliphatic carbocycles. The maximum atomic E-state index is 12.3. The normalized spacial score (nSPS) is 14.8. The Morgan fingerprint density at radius 3 is 2.54 bits per heavy atom. The van der Waals surface area contributed by atoms with Crippen LogP contribution in [0.15, 0.2) is 24.3 Å². The van der Waals surface area contributed by atoms with Crippen molar-refractivity contribution in [1.29, 1.82) is 0 Å². The summed E-state index contributed by atoms with van der Waals surface area (Å²) in [6.45, 7) is 2.42. The van der Waals surface area contributed by atoms with Gasteiger partial charge >= 0.3 is 0 Å². The summed E-state index contributed by atoms with van der Waals surface area (Å²) in [7, 11) is 1.58. The van der Waals surface area contributed by atoms with Crippen LogP contribution in [0.4, 0.5) is 0 Å². The van der Waals surface area contributed by atoms with Crippen LogP contribution < -0.4 is 10.1 Å². The molecule has 1 aromatic carbocycles. The van der Waals surface area contributed by atoms with Gasteiger partial charge in [-0.1, -0.05) is 25.0 Å². The number of rotatable bonds is 7. The smallest absolute Gasteiger partial charge is 0.260 e. The molecule has 0 saturated carbocycles. The highest BCUT2D eigenvalue weighted by atomic mass is 16.5. The van der Waals surface area contributed by atoms with Gasteiger partial charge in [0.05, 0.1) is 12.2 Å². The number of hydrogen-bond donors (Lipinski definition) is 1. The summed E-state index contributed by atoms with van der Waals surface area (Å²) in [5.41, 5.74) is 0.428. The van der Waals surface area contributed by atoms with Crippen molar-refractivity contribution in [3.63, 3.8) is 0 Å². The maximum Gasteiger partial charge on any atom is 0.260 e. The first kappa shape index (κ1) is 18.3. The van der Waals surface area contributed by atoms with Gasteiger partial charge in [0.2, 0.25) is 0 Å². The summed E-state index contributed by atoms with van der Waals surface area (Å²) in [5.74, 6) is 0.173. The first-order valence-electron chi connectivity index (χ1n) is 8.49. The summed E-state index contributed by atoms with van der Waals surface area (Å²) in [6.07, 6.45) is 4.44. The second-order valence-electron chi connectivity index (χ2n) is 5.83. The molecule has 0 aromatic heterocycles. The molecule has 0 spiro atoms. The van der Waals surface area contributed by atoms with Crippen molar-refractivity contribution >= 4 is 11.8 Å². The van der Waals surface area contributed by atoms with E-state index in [9.17, 15) is 9.59 Å². The molecule has 1 saturated heterocycles. The zero-order valence-corrected chi connectivity index (χ0v) is 14.3. The lowest BCUT2D eigenvalue weighted by atomic mass is 10.2. The van der Waals surface area contributed by atoms with E-state index in [0.717, 1.165) is 25.9 Å². The van der Waals surface area contributed by atoms with Gasteiger partial charge in [-0.05, 0) is 25.0 Å². The van der Waals surface area contributed by atoms with E-state index in [1.807, 2.05) is 4.90 Å². The number of methoxy groups -OCH3 is 1. The van der Waals surface area contributed by atoms with Crippen LogP contribution in [0.2, 0.25) is 0 Å². The first-order chi connectivity index (χ1) is 11.7. The largest absolute Gasteiger partial charge is 0.483 e. The van der Waals surface area contributed by atoms with E-state index in [4.69, 9.17) is 9.47 Å². The van der Waals surface area contributed by atoms with Crippen molar-refractivity contribution in [2.24, 2.45) is 0 Å². The van der Waals surface area contributed by atoms with Crippen LogP contribution >= 0.6 is 0 Å². The summed E-state index contributed by atoms with van der Waals surface area (Å²) < 4.78 is 10.6. The topological polar surface area (TPSA) is 67.9 Å². The fourth-order valence-corrected chi connectivity index (χ4v) is 2.69. The Balaban J connectivity index is 1.92. The van der Waals surface area contributed by atoms with Crippen LogP contribution in [0.25, 0.3) is 0 Å². The molecule has 132 valence electrons. The number of amides is 2. The van der Waals surface area contributed by atoms with Crippen LogP contribution in [0.3, 0.4) is 0 Å². The molecule has 1 aliphatic heterocycles. The molecule has 0 bridgehead atoms. The van der Waals surface area contributed by atoms with E-state index < -0.39 is 0 Å². The van der Waals surface area contributed by atoms with Crippen molar-refractivity contribution in [3.05, 3.63) is 29.8 Å². The van der Waals surface area contributed by atoms with Crippen molar-refractivity contribution in [1.82, 2.24) is 10.2 Å². The highest BCUT2D eigenvalue weighted by Crippen LogP contribution is 2.18. The van der Waals surface area contributed by atoms with Crippen molar-refractivity contribution < 1.29 is 19.1 Å². The molecule has 6 nitrogen and oxygen atoms in total. The van der Waals surface area contributed by atoms with Gasteiger partial charge in [0.15, 0.2) is 6.61 Å². The van der Waals surface area contributed by atoms with Crippen molar-refractivity contribution in [2.45, 2.75) is 25.7 Å². The molecular formula is C18H26N2O4. The van der Waals surface area contributed by atoms with Crippen LogP contribution in [0.5, 0.6) is 5.75 Å². The van der Waals surface area contributed by atoms with E-state index in [2.05, 4.69) is 5.32 Å². The van der Waals surface area contributed by atoms with E-state index in [0.29, 0.717) is 24.5 Å².